The first-order valence-corrected chi connectivity index (χ1v) is 7.96. The maximum atomic E-state index is 4.32. The van der Waals surface area contributed by atoms with Crippen molar-refractivity contribution in [1.82, 2.24) is 24.8 Å². The van der Waals surface area contributed by atoms with Crippen LogP contribution in [0.15, 0.2) is 29.4 Å². The van der Waals surface area contributed by atoms with Gasteiger partial charge in [-0.25, -0.2) is 0 Å². The number of guanidine groups is 1. The van der Waals surface area contributed by atoms with Gasteiger partial charge in [-0.3, -0.25) is 9.39 Å². The van der Waals surface area contributed by atoms with E-state index in [1.54, 1.807) is 0 Å². The predicted octanol–water partition coefficient (Wildman–Crippen LogP) is 1.97. The summed E-state index contributed by atoms with van der Waals surface area (Å²) in [7, 11) is 3.91. The molecule has 6 heteroatoms. The average molecular weight is 302 g/mol. The van der Waals surface area contributed by atoms with Crippen molar-refractivity contribution in [2.75, 3.05) is 27.2 Å². The quantitative estimate of drug-likeness (QED) is 0.483. The molecular weight excluding hydrogens is 276 g/mol. The monoisotopic (exact) mass is 302 g/mol. The molecule has 2 rings (SSSR count). The van der Waals surface area contributed by atoms with Crippen LogP contribution in [0.3, 0.4) is 0 Å². The van der Waals surface area contributed by atoms with Gasteiger partial charge in [-0.15, -0.1) is 10.2 Å². The van der Waals surface area contributed by atoms with Crippen molar-refractivity contribution in [3.8, 4) is 0 Å². The standard InChI is InChI=1S/C16H26N6/c1-4-5-12-21(3)16(17-2)18-11-8-10-15-20-19-14-9-6-7-13-22(14)15/h6-7,9,13H,4-5,8,10-12H2,1-3H3,(H,17,18). The molecule has 2 heterocycles. The van der Waals surface area contributed by atoms with E-state index in [4.69, 9.17) is 0 Å². The van der Waals surface area contributed by atoms with Gasteiger partial charge in [-0.05, 0) is 25.0 Å². The molecule has 0 aliphatic heterocycles. The summed E-state index contributed by atoms with van der Waals surface area (Å²) in [5, 5.41) is 11.8. The summed E-state index contributed by atoms with van der Waals surface area (Å²) in [6.45, 7) is 4.11. The van der Waals surface area contributed by atoms with Crippen LogP contribution in [-0.2, 0) is 6.42 Å². The lowest BCUT2D eigenvalue weighted by Gasteiger charge is -2.21. The van der Waals surface area contributed by atoms with Crippen molar-refractivity contribution < 1.29 is 0 Å². The summed E-state index contributed by atoms with van der Waals surface area (Å²) in [5.74, 6) is 1.96. The van der Waals surface area contributed by atoms with Crippen molar-refractivity contribution in [1.29, 1.82) is 0 Å². The van der Waals surface area contributed by atoms with Crippen molar-refractivity contribution in [3.05, 3.63) is 30.2 Å². The molecule has 0 saturated carbocycles. The Hall–Kier alpha value is -2.11. The molecule has 22 heavy (non-hydrogen) atoms. The van der Waals surface area contributed by atoms with E-state index < -0.39 is 0 Å². The smallest absolute Gasteiger partial charge is 0.193 e. The summed E-state index contributed by atoms with van der Waals surface area (Å²) in [6, 6.07) is 5.95. The summed E-state index contributed by atoms with van der Waals surface area (Å²) in [6.07, 6.45) is 6.28. The minimum absolute atomic E-state index is 0.880. The number of nitrogens with zero attached hydrogens (tertiary/aromatic N) is 5. The molecule has 0 bridgehead atoms. The number of unbranched alkanes of at least 4 members (excludes halogenated alkanes) is 1. The first-order valence-electron chi connectivity index (χ1n) is 7.96. The van der Waals surface area contributed by atoms with E-state index >= 15 is 0 Å². The lowest BCUT2D eigenvalue weighted by Crippen LogP contribution is -2.39. The Kier molecular flexibility index (Phi) is 6.18. The molecule has 0 atom stereocenters. The molecule has 0 saturated heterocycles. The summed E-state index contributed by atoms with van der Waals surface area (Å²) in [5.41, 5.74) is 0.903. The molecule has 0 aliphatic carbocycles. The van der Waals surface area contributed by atoms with E-state index in [1.165, 1.54) is 12.8 Å². The number of rotatable bonds is 7. The van der Waals surface area contributed by atoms with Crippen LogP contribution in [0.4, 0.5) is 0 Å². The molecule has 6 nitrogen and oxygen atoms in total. The Labute approximate surface area is 132 Å². The maximum absolute atomic E-state index is 4.32. The zero-order valence-electron chi connectivity index (χ0n) is 13.8. The number of hydrogen-bond acceptors (Lipinski definition) is 3. The molecule has 0 fully saturated rings. The third-order valence-corrected chi connectivity index (χ3v) is 3.67. The highest BCUT2D eigenvalue weighted by Crippen LogP contribution is 2.04. The molecule has 120 valence electrons. The molecule has 0 unspecified atom stereocenters. The fourth-order valence-electron chi connectivity index (χ4n) is 2.39. The highest BCUT2D eigenvalue weighted by atomic mass is 15.3. The van der Waals surface area contributed by atoms with Crippen LogP contribution in [0, 0.1) is 0 Å². The second-order valence-electron chi connectivity index (χ2n) is 5.40. The average Bonchev–Trinajstić information content (AvgIpc) is 2.96. The third kappa shape index (κ3) is 4.19. The molecule has 0 spiro atoms. The van der Waals surface area contributed by atoms with Gasteiger partial charge >= 0.3 is 0 Å². The topological polar surface area (TPSA) is 57.8 Å². The van der Waals surface area contributed by atoms with E-state index in [0.29, 0.717) is 0 Å². The number of nitrogens with one attached hydrogen (secondary N) is 1. The number of fused-ring (bicyclic) bond motifs is 1. The van der Waals surface area contributed by atoms with Gasteiger partial charge in [0.05, 0.1) is 0 Å². The molecule has 1 N–H and O–H groups in total. The van der Waals surface area contributed by atoms with Gasteiger partial charge < -0.3 is 10.2 Å². The second-order valence-corrected chi connectivity index (χ2v) is 5.40. The Balaban J connectivity index is 1.79. The van der Waals surface area contributed by atoms with Crippen molar-refractivity contribution >= 4 is 11.6 Å². The lowest BCUT2D eigenvalue weighted by molar-refractivity contribution is 0.464. The normalized spacial score (nSPS) is 11.9. The van der Waals surface area contributed by atoms with Crippen LogP contribution in [0.2, 0.25) is 0 Å². The predicted molar refractivity (Wildman–Crippen MR) is 90.2 cm³/mol. The van der Waals surface area contributed by atoms with Crippen molar-refractivity contribution in [2.24, 2.45) is 4.99 Å². The highest BCUT2D eigenvalue weighted by molar-refractivity contribution is 5.79. The van der Waals surface area contributed by atoms with Gasteiger partial charge in [-0.1, -0.05) is 19.4 Å². The first-order chi connectivity index (χ1) is 10.8. The zero-order valence-corrected chi connectivity index (χ0v) is 13.8. The van der Waals surface area contributed by atoms with Gasteiger partial charge in [0, 0.05) is 39.8 Å². The summed E-state index contributed by atoms with van der Waals surface area (Å²) in [4.78, 5) is 6.50. The maximum Gasteiger partial charge on any atom is 0.193 e. The largest absolute Gasteiger partial charge is 0.356 e. The molecule has 0 amide bonds. The van der Waals surface area contributed by atoms with Gasteiger partial charge in [0.15, 0.2) is 11.6 Å². The molecule has 2 aromatic rings. The number of aryl methyl sites for hydroxylation is 1. The van der Waals surface area contributed by atoms with Crippen LogP contribution in [0.1, 0.15) is 32.0 Å². The third-order valence-electron chi connectivity index (χ3n) is 3.67. The number of hydrogen-bond donors (Lipinski definition) is 1. The van der Waals surface area contributed by atoms with Gasteiger partial charge in [0.2, 0.25) is 0 Å². The van der Waals surface area contributed by atoms with E-state index in [-0.39, 0.29) is 0 Å². The molecule has 2 aromatic heterocycles. The molecule has 0 aromatic carbocycles. The Bertz CT molecular complexity index is 603. The zero-order chi connectivity index (χ0) is 15.8. The highest BCUT2D eigenvalue weighted by Gasteiger charge is 2.06. The first kappa shape index (κ1) is 16.3. The van der Waals surface area contributed by atoms with Gasteiger partial charge in [-0.2, -0.15) is 0 Å². The van der Waals surface area contributed by atoms with Crippen LogP contribution < -0.4 is 5.32 Å². The van der Waals surface area contributed by atoms with Crippen LogP contribution in [0.5, 0.6) is 0 Å². The fourth-order valence-corrected chi connectivity index (χ4v) is 2.39. The molecular formula is C16H26N6. The van der Waals surface area contributed by atoms with Gasteiger partial charge in [0.25, 0.3) is 0 Å². The van der Waals surface area contributed by atoms with Crippen LogP contribution in [0.25, 0.3) is 5.65 Å². The van der Waals surface area contributed by atoms with Crippen molar-refractivity contribution in [2.45, 2.75) is 32.6 Å². The van der Waals surface area contributed by atoms with E-state index in [9.17, 15) is 0 Å². The van der Waals surface area contributed by atoms with E-state index in [1.807, 2.05) is 35.8 Å². The van der Waals surface area contributed by atoms with Crippen LogP contribution in [-0.4, -0.2) is 52.6 Å². The number of pyridine rings is 1. The van der Waals surface area contributed by atoms with Crippen LogP contribution >= 0.6 is 0 Å². The summed E-state index contributed by atoms with van der Waals surface area (Å²) < 4.78 is 2.04. The SMILES string of the molecule is CCCCN(C)C(=NC)NCCCc1nnc2ccccn12. The lowest BCUT2D eigenvalue weighted by atomic mass is 10.3. The minimum Gasteiger partial charge on any atom is -0.356 e. The number of aromatic nitrogens is 3. The Morgan fingerprint density at radius 3 is 2.95 bits per heavy atom. The molecule has 0 radical (unpaired) electrons. The Morgan fingerprint density at radius 2 is 2.18 bits per heavy atom. The van der Waals surface area contributed by atoms with Gasteiger partial charge in [0.1, 0.15) is 5.82 Å². The fraction of sp³-hybridized carbons (Fsp3) is 0.562. The summed E-state index contributed by atoms with van der Waals surface area (Å²) >= 11 is 0. The van der Waals surface area contributed by atoms with Crippen molar-refractivity contribution in [3.63, 3.8) is 0 Å². The van der Waals surface area contributed by atoms with E-state index in [0.717, 1.165) is 43.4 Å². The Morgan fingerprint density at radius 1 is 1.32 bits per heavy atom. The number of aliphatic imine (C=N–C) groups is 1. The van der Waals surface area contributed by atoms with E-state index in [2.05, 4.69) is 39.4 Å². The molecule has 0 aliphatic rings. The second kappa shape index (κ2) is 8.36. The minimum atomic E-state index is 0.880.